The van der Waals surface area contributed by atoms with Gasteiger partial charge in [-0.15, -0.1) is 0 Å². The Labute approximate surface area is 127 Å². The standard InChI is InChI=1S/C15H16ClN3O2/c16-15-13(12-3-1-2-4-14(12)21-15)7-19-6-11(18-9-19)5-10(17)8-20/h1-4,6,9-10,20H,5,7-8,17H2/t10-/m0/s1. The van der Waals surface area contributed by atoms with Crippen LogP contribution in [0.4, 0.5) is 0 Å². The first-order chi connectivity index (χ1) is 10.2. The lowest BCUT2D eigenvalue weighted by molar-refractivity contribution is 0.264. The molecule has 2 aromatic heterocycles. The second-order valence-corrected chi connectivity index (χ2v) is 5.38. The van der Waals surface area contributed by atoms with Crippen molar-refractivity contribution in [3.05, 3.63) is 53.3 Å². The molecule has 0 bridgehead atoms. The molecule has 21 heavy (non-hydrogen) atoms. The minimum atomic E-state index is -0.285. The molecule has 0 radical (unpaired) electrons. The lowest BCUT2D eigenvalue weighted by Crippen LogP contribution is -2.26. The van der Waals surface area contributed by atoms with Crippen molar-refractivity contribution in [3.8, 4) is 0 Å². The van der Waals surface area contributed by atoms with Gasteiger partial charge < -0.3 is 19.8 Å². The van der Waals surface area contributed by atoms with Crippen LogP contribution in [0.3, 0.4) is 0 Å². The fraction of sp³-hybridized carbons (Fsp3) is 0.267. The molecule has 0 saturated heterocycles. The van der Waals surface area contributed by atoms with Crippen LogP contribution >= 0.6 is 11.6 Å². The van der Waals surface area contributed by atoms with E-state index in [1.807, 2.05) is 35.0 Å². The predicted molar refractivity (Wildman–Crippen MR) is 81.3 cm³/mol. The lowest BCUT2D eigenvalue weighted by atomic mass is 10.2. The Kier molecular flexibility index (Phi) is 3.96. The number of halogens is 1. The topological polar surface area (TPSA) is 77.2 Å². The van der Waals surface area contributed by atoms with E-state index < -0.39 is 0 Å². The van der Waals surface area contributed by atoms with E-state index in [-0.39, 0.29) is 12.6 Å². The van der Waals surface area contributed by atoms with Crippen molar-refractivity contribution in [2.75, 3.05) is 6.61 Å². The Morgan fingerprint density at radius 3 is 3.00 bits per heavy atom. The molecule has 3 rings (SSSR count). The van der Waals surface area contributed by atoms with E-state index in [0.717, 1.165) is 22.2 Å². The number of furan rings is 1. The van der Waals surface area contributed by atoms with Crippen LogP contribution < -0.4 is 5.73 Å². The zero-order chi connectivity index (χ0) is 14.8. The molecular weight excluding hydrogens is 290 g/mol. The number of hydrogen-bond donors (Lipinski definition) is 2. The number of fused-ring (bicyclic) bond motifs is 1. The monoisotopic (exact) mass is 305 g/mol. The number of aromatic nitrogens is 2. The summed E-state index contributed by atoms with van der Waals surface area (Å²) in [4.78, 5) is 4.29. The first-order valence-corrected chi connectivity index (χ1v) is 7.08. The van der Waals surface area contributed by atoms with Crippen molar-refractivity contribution in [1.29, 1.82) is 0 Å². The average Bonchev–Trinajstić information content (AvgIpc) is 3.04. The van der Waals surface area contributed by atoms with Crippen LogP contribution in [-0.4, -0.2) is 27.3 Å². The highest BCUT2D eigenvalue weighted by Gasteiger charge is 2.13. The van der Waals surface area contributed by atoms with Gasteiger partial charge in [-0.05, 0) is 17.7 Å². The first kappa shape index (κ1) is 14.1. The second-order valence-electron chi connectivity index (χ2n) is 5.03. The van der Waals surface area contributed by atoms with Crippen LogP contribution in [0.2, 0.25) is 5.22 Å². The van der Waals surface area contributed by atoms with E-state index in [0.29, 0.717) is 18.2 Å². The summed E-state index contributed by atoms with van der Waals surface area (Å²) in [5, 5.41) is 10.4. The third-order valence-electron chi connectivity index (χ3n) is 3.38. The van der Waals surface area contributed by atoms with Gasteiger partial charge in [-0.25, -0.2) is 4.98 Å². The van der Waals surface area contributed by atoms with E-state index in [1.54, 1.807) is 6.33 Å². The van der Waals surface area contributed by atoms with Crippen molar-refractivity contribution < 1.29 is 9.52 Å². The Morgan fingerprint density at radius 2 is 2.19 bits per heavy atom. The Balaban J connectivity index is 1.84. The molecule has 5 nitrogen and oxygen atoms in total. The number of aliphatic hydroxyl groups excluding tert-OH is 1. The molecule has 3 N–H and O–H groups in total. The van der Waals surface area contributed by atoms with Gasteiger partial charge >= 0.3 is 0 Å². The molecule has 6 heteroatoms. The highest BCUT2D eigenvalue weighted by Crippen LogP contribution is 2.30. The van der Waals surface area contributed by atoms with Gasteiger partial charge in [0.15, 0.2) is 5.22 Å². The number of nitrogens with two attached hydrogens (primary N) is 1. The highest BCUT2D eigenvalue weighted by molar-refractivity contribution is 6.30. The number of nitrogens with zero attached hydrogens (tertiary/aromatic N) is 2. The normalized spacial score (nSPS) is 12.9. The summed E-state index contributed by atoms with van der Waals surface area (Å²) in [7, 11) is 0. The molecule has 0 unspecified atom stereocenters. The van der Waals surface area contributed by atoms with E-state index >= 15 is 0 Å². The van der Waals surface area contributed by atoms with Crippen molar-refractivity contribution in [3.63, 3.8) is 0 Å². The quantitative estimate of drug-likeness (QED) is 0.757. The summed E-state index contributed by atoms with van der Waals surface area (Å²) >= 11 is 6.18. The largest absolute Gasteiger partial charge is 0.444 e. The molecule has 2 heterocycles. The SMILES string of the molecule is N[C@H](CO)Cc1cn(Cc2c(Cl)oc3ccccc23)cn1. The number of imidazole rings is 1. The van der Waals surface area contributed by atoms with Crippen LogP contribution in [-0.2, 0) is 13.0 Å². The Bertz CT molecular complexity index is 750. The molecule has 1 atom stereocenters. The number of benzene rings is 1. The minimum Gasteiger partial charge on any atom is -0.444 e. The first-order valence-electron chi connectivity index (χ1n) is 6.70. The molecule has 110 valence electrons. The zero-order valence-corrected chi connectivity index (χ0v) is 12.1. The fourth-order valence-electron chi connectivity index (χ4n) is 2.33. The number of hydrogen-bond acceptors (Lipinski definition) is 4. The van der Waals surface area contributed by atoms with Crippen LogP contribution in [0.15, 0.2) is 41.2 Å². The fourth-order valence-corrected chi connectivity index (χ4v) is 2.58. The maximum absolute atomic E-state index is 8.98. The summed E-state index contributed by atoms with van der Waals surface area (Å²) in [5.41, 5.74) is 8.27. The molecule has 0 amide bonds. The smallest absolute Gasteiger partial charge is 0.199 e. The summed E-state index contributed by atoms with van der Waals surface area (Å²) in [6.45, 7) is 0.530. The molecule has 0 aliphatic heterocycles. The van der Waals surface area contributed by atoms with Crippen LogP contribution in [0.5, 0.6) is 0 Å². The van der Waals surface area contributed by atoms with Crippen molar-refractivity contribution >= 4 is 22.6 Å². The van der Waals surface area contributed by atoms with E-state index in [4.69, 9.17) is 26.9 Å². The van der Waals surface area contributed by atoms with Gasteiger partial charge in [0, 0.05) is 29.6 Å². The van der Waals surface area contributed by atoms with Gasteiger partial charge in [0.1, 0.15) is 5.58 Å². The molecule has 0 aliphatic carbocycles. The summed E-state index contributed by atoms with van der Waals surface area (Å²) in [6, 6.07) is 7.46. The van der Waals surface area contributed by atoms with Gasteiger partial charge in [0.05, 0.1) is 25.2 Å². The molecular formula is C15H16ClN3O2. The van der Waals surface area contributed by atoms with Crippen molar-refractivity contribution in [1.82, 2.24) is 9.55 Å². The van der Waals surface area contributed by atoms with E-state index in [9.17, 15) is 0 Å². The molecule has 0 fully saturated rings. The molecule has 0 saturated carbocycles. The highest BCUT2D eigenvalue weighted by atomic mass is 35.5. The maximum atomic E-state index is 8.98. The third kappa shape index (κ3) is 2.95. The maximum Gasteiger partial charge on any atom is 0.199 e. The molecule has 1 aromatic carbocycles. The zero-order valence-electron chi connectivity index (χ0n) is 11.4. The van der Waals surface area contributed by atoms with E-state index in [2.05, 4.69) is 4.98 Å². The van der Waals surface area contributed by atoms with Crippen molar-refractivity contribution in [2.45, 2.75) is 19.0 Å². The van der Waals surface area contributed by atoms with Crippen LogP contribution in [0.25, 0.3) is 11.0 Å². The summed E-state index contributed by atoms with van der Waals surface area (Å²) < 4.78 is 7.47. The third-order valence-corrected chi connectivity index (χ3v) is 3.69. The molecule has 0 spiro atoms. The molecule has 3 aromatic rings. The van der Waals surface area contributed by atoms with Gasteiger partial charge in [0.25, 0.3) is 0 Å². The summed E-state index contributed by atoms with van der Waals surface area (Å²) in [6.07, 6.45) is 4.19. The predicted octanol–water partition coefficient (Wildman–Crippen LogP) is 2.19. The minimum absolute atomic E-state index is 0.0505. The van der Waals surface area contributed by atoms with Gasteiger partial charge in [-0.1, -0.05) is 18.2 Å². The van der Waals surface area contributed by atoms with Crippen LogP contribution in [0.1, 0.15) is 11.3 Å². The van der Waals surface area contributed by atoms with Gasteiger partial charge in [0.2, 0.25) is 0 Å². The Morgan fingerprint density at radius 1 is 1.38 bits per heavy atom. The van der Waals surface area contributed by atoms with E-state index in [1.165, 1.54) is 0 Å². The van der Waals surface area contributed by atoms with Gasteiger partial charge in [-0.2, -0.15) is 0 Å². The van der Waals surface area contributed by atoms with Crippen molar-refractivity contribution in [2.24, 2.45) is 5.73 Å². The summed E-state index contributed by atoms with van der Waals surface area (Å²) in [5.74, 6) is 0. The Hall–Kier alpha value is -1.82. The number of aliphatic hydroxyl groups is 1. The number of rotatable bonds is 5. The lowest BCUT2D eigenvalue weighted by Gasteiger charge is -2.04. The number of para-hydroxylation sites is 1. The average molecular weight is 306 g/mol. The van der Waals surface area contributed by atoms with Gasteiger partial charge in [-0.3, -0.25) is 0 Å². The molecule has 0 aliphatic rings. The van der Waals surface area contributed by atoms with Crippen LogP contribution in [0, 0.1) is 0 Å². The second kappa shape index (κ2) is 5.89.